The summed E-state index contributed by atoms with van der Waals surface area (Å²) in [5, 5.41) is 0.486. The number of hydrogen-bond donors (Lipinski definition) is 0. The number of ketones is 1. The van der Waals surface area contributed by atoms with Gasteiger partial charge in [-0.05, 0) is 24.6 Å². The fourth-order valence-electron chi connectivity index (χ4n) is 1.32. The van der Waals surface area contributed by atoms with E-state index in [1.54, 1.807) is 25.3 Å². The number of carbonyl (C=O) groups is 1. The molecular formula is C12H15ClO2. The van der Waals surface area contributed by atoms with Crippen LogP contribution >= 0.6 is 11.6 Å². The first-order chi connectivity index (χ1) is 7.19. The van der Waals surface area contributed by atoms with Crippen LogP contribution in [0.1, 0.15) is 36.5 Å². The minimum absolute atomic E-state index is 0.140. The molecule has 0 aliphatic carbocycles. The van der Waals surface area contributed by atoms with Gasteiger partial charge in [0, 0.05) is 12.0 Å². The van der Waals surface area contributed by atoms with Crippen LogP contribution < -0.4 is 4.74 Å². The van der Waals surface area contributed by atoms with Gasteiger partial charge < -0.3 is 4.74 Å². The fraction of sp³-hybridized carbons (Fsp3) is 0.417. The van der Waals surface area contributed by atoms with Crippen LogP contribution in [0, 0.1) is 0 Å². The van der Waals surface area contributed by atoms with Gasteiger partial charge in [-0.1, -0.05) is 24.9 Å². The summed E-state index contributed by atoms with van der Waals surface area (Å²) in [6, 6.07) is 5.14. The summed E-state index contributed by atoms with van der Waals surface area (Å²) >= 11 is 5.93. The van der Waals surface area contributed by atoms with Crippen molar-refractivity contribution < 1.29 is 9.53 Å². The Balaban J connectivity index is 2.78. The number of ether oxygens (including phenoxy) is 1. The Hall–Kier alpha value is -1.02. The summed E-state index contributed by atoms with van der Waals surface area (Å²) in [5.41, 5.74) is 0.661. The maximum atomic E-state index is 11.7. The highest BCUT2D eigenvalue weighted by atomic mass is 35.5. The van der Waals surface area contributed by atoms with Gasteiger partial charge in [0.1, 0.15) is 5.75 Å². The molecule has 2 nitrogen and oxygen atoms in total. The molecule has 0 heterocycles. The van der Waals surface area contributed by atoms with Crippen molar-refractivity contribution >= 4 is 17.4 Å². The molecule has 0 N–H and O–H groups in total. The zero-order valence-corrected chi connectivity index (χ0v) is 9.80. The highest BCUT2D eigenvalue weighted by Gasteiger charge is 2.08. The maximum absolute atomic E-state index is 11.7. The van der Waals surface area contributed by atoms with Crippen molar-refractivity contribution in [3.05, 3.63) is 28.8 Å². The highest BCUT2D eigenvalue weighted by Crippen LogP contribution is 2.25. The minimum atomic E-state index is 0.140. The van der Waals surface area contributed by atoms with Crippen LogP contribution in [-0.2, 0) is 0 Å². The van der Waals surface area contributed by atoms with Crippen LogP contribution in [-0.4, -0.2) is 12.9 Å². The van der Waals surface area contributed by atoms with Gasteiger partial charge in [-0.2, -0.15) is 0 Å². The molecule has 1 aromatic rings. The van der Waals surface area contributed by atoms with Crippen molar-refractivity contribution in [3.8, 4) is 5.75 Å². The van der Waals surface area contributed by atoms with Crippen molar-refractivity contribution in [2.24, 2.45) is 0 Å². The van der Waals surface area contributed by atoms with E-state index in [4.69, 9.17) is 16.3 Å². The van der Waals surface area contributed by atoms with Crippen molar-refractivity contribution in [3.63, 3.8) is 0 Å². The lowest BCUT2D eigenvalue weighted by Crippen LogP contribution is -1.99. The van der Waals surface area contributed by atoms with Crippen LogP contribution in [0.3, 0.4) is 0 Å². The van der Waals surface area contributed by atoms with Crippen molar-refractivity contribution in [2.45, 2.75) is 26.2 Å². The Kier molecular flexibility index (Phi) is 4.63. The smallest absolute Gasteiger partial charge is 0.162 e. The Morgan fingerprint density at radius 2 is 2.20 bits per heavy atom. The number of halogens is 1. The molecule has 0 bridgehead atoms. The van der Waals surface area contributed by atoms with Crippen LogP contribution in [0.25, 0.3) is 0 Å². The third kappa shape index (κ3) is 3.24. The van der Waals surface area contributed by atoms with Crippen molar-refractivity contribution in [2.75, 3.05) is 7.11 Å². The van der Waals surface area contributed by atoms with Crippen LogP contribution in [0.4, 0.5) is 0 Å². The average molecular weight is 227 g/mol. The van der Waals surface area contributed by atoms with Crippen LogP contribution in [0.15, 0.2) is 18.2 Å². The minimum Gasteiger partial charge on any atom is -0.495 e. The topological polar surface area (TPSA) is 26.3 Å². The summed E-state index contributed by atoms with van der Waals surface area (Å²) in [7, 11) is 1.56. The number of methoxy groups -OCH3 is 1. The normalized spacial score (nSPS) is 10.1. The molecule has 0 aliphatic rings. The lowest BCUT2D eigenvalue weighted by Gasteiger charge is -2.05. The zero-order chi connectivity index (χ0) is 11.3. The zero-order valence-electron chi connectivity index (χ0n) is 9.05. The van der Waals surface area contributed by atoms with Gasteiger partial charge in [-0.15, -0.1) is 0 Å². The number of hydrogen-bond acceptors (Lipinski definition) is 2. The monoisotopic (exact) mass is 226 g/mol. The quantitative estimate of drug-likeness (QED) is 0.716. The molecule has 0 amide bonds. The molecule has 1 rings (SSSR count). The first-order valence-corrected chi connectivity index (χ1v) is 5.43. The summed E-state index contributed by atoms with van der Waals surface area (Å²) in [5.74, 6) is 0.741. The maximum Gasteiger partial charge on any atom is 0.162 e. The first-order valence-electron chi connectivity index (χ1n) is 5.05. The predicted octanol–water partition coefficient (Wildman–Crippen LogP) is 3.72. The molecule has 0 fully saturated rings. The molecule has 0 spiro atoms. The largest absolute Gasteiger partial charge is 0.495 e. The average Bonchev–Trinajstić information content (AvgIpc) is 2.25. The summed E-state index contributed by atoms with van der Waals surface area (Å²) in [6.45, 7) is 2.06. The van der Waals surface area contributed by atoms with Crippen molar-refractivity contribution in [1.29, 1.82) is 0 Å². The van der Waals surface area contributed by atoms with Gasteiger partial charge in [0.25, 0.3) is 0 Å². The highest BCUT2D eigenvalue weighted by molar-refractivity contribution is 6.32. The van der Waals surface area contributed by atoms with Gasteiger partial charge in [0.2, 0.25) is 0 Å². The molecule has 3 heteroatoms. The standard InChI is InChI=1S/C12H15ClO2/c1-3-4-5-11(14)9-6-7-12(15-2)10(13)8-9/h6-8H,3-5H2,1-2H3. The molecule has 0 atom stereocenters. The lowest BCUT2D eigenvalue weighted by molar-refractivity contribution is 0.0980. The van der Waals surface area contributed by atoms with E-state index in [-0.39, 0.29) is 5.78 Å². The SMILES string of the molecule is CCCCC(=O)c1ccc(OC)c(Cl)c1. The summed E-state index contributed by atoms with van der Waals surface area (Å²) < 4.78 is 5.02. The number of benzene rings is 1. The summed E-state index contributed by atoms with van der Waals surface area (Å²) in [6.07, 6.45) is 2.53. The second kappa shape index (κ2) is 5.76. The summed E-state index contributed by atoms with van der Waals surface area (Å²) in [4.78, 5) is 11.7. The molecule has 0 saturated carbocycles. The van der Waals surface area contributed by atoms with E-state index in [0.717, 1.165) is 12.8 Å². The Morgan fingerprint density at radius 3 is 2.73 bits per heavy atom. The molecule has 1 aromatic carbocycles. The number of rotatable bonds is 5. The molecule has 0 saturated heterocycles. The molecule has 0 aromatic heterocycles. The Morgan fingerprint density at radius 1 is 1.47 bits per heavy atom. The molecule has 0 unspecified atom stereocenters. The second-order valence-corrected chi connectivity index (χ2v) is 3.78. The predicted molar refractivity (Wildman–Crippen MR) is 61.9 cm³/mol. The molecule has 15 heavy (non-hydrogen) atoms. The van der Waals surface area contributed by atoms with E-state index in [1.807, 2.05) is 0 Å². The van der Waals surface area contributed by atoms with Gasteiger partial charge in [0.15, 0.2) is 5.78 Å². The fourth-order valence-corrected chi connectivity index (χ4v) is 1.58. The first kappa shape index (κ1) is 12.1. The van der Waals surface area contributed by atoms with E-state index in [0.29, 0.717) is 22.8 Å². The van der Waals surface area contributed by atoms with E-state index < -0.39 is 0 Å². The third-order valence-electron chi connectivity index (χ3n) is 2.23. The molecule has 0 aliphatic heterocycles. The van der Waals surface area contributed by atoms with Crippen molar-refractivity contribution in [1.82, 2.24) is 0 Å². The van der Waals surface area contributed by atoms with E-state index in [9.17, 15) is 4.79 Å². The molecule has 0 radical (unpaired) electrons. The second-order valence-electron chi connectivity index (χ2n) is 3.38. The molecular weight excluding hydrogens is 212 g/mol. The van der Waals surface area contributed by atoms with E-state index >= 15 is 0 Å². The Bertz CT molecular complexity index is 347. The van der Waals surface area contributed by atoms with Gasteiger partial charge in [0.05, 0.1) is 12.1 Å². The van der Waals surface area contributed by atoms with Crippen LogP contribution in [0.2, 0.25) is 5.02 Å². The third-order valence-corrected chi connectivity index (χ3v) is 2.53. The number of carbonyl (C=O) groups excluding carboxylic acids is 1. The lowest BCUT2D eigenvalue weighted by atomic mass is 10.1. The van der Waals surface area contributed by atoms with Crippen LogP contribution in [0.5, 0.6) is 5.75 Å². The van der Waals surface area contributed by atoms with E-state index in [1.165, 1.54) is 0 Å². The Labute approximate surface area is 95.2 Å². The number of Topliss-reactive ketones (excluding diaryl/α,β-unsaturated/α-hetero) is 1. The number of unbranched alkanes of at least 4 members (excludes halogenated alkanes) is 1. The van der Waals surface area contributed by atoms with Gasteiger partial charge in [-0.25, -0.2) is 0 Å². The van der Waals surface area contributed by atoms with E-state index in [2.05, 4.69) is 6.92 Å². The van der Waals surface area contributed by atoms with Gasteiger partial charge in [-0.3, -0.25) is 4.79 Å². The van der Waals surface area contributed by atoms with Gasteiger partial charge >= 0.3 is 0 Å². The molecule has 82 valence electrons.